The third-order valence-electron chi connectivity index (χ3n) is 3.65. The van der Waals surface area contributed by atoms with Gasteiger partial charge in [-0.15, -0.1) is 24.0 Å². The summed E-state index contributed by atoms with van der Waals surface area (Å²) in [7, 11) is 3.63. The summed E-state index contributed by atoms with van der Waals surface area (Å²) in [6, 6.07) is 8.07. The molecule has 1 heterocycles. The van der Waals surface area contributed by atoms with Crippen molar-refractivity contribution in [3.63, 3.8) is 0 Å². The highest BCUT2D eigenvalue weighted by atomic mass is 127. The van der Waals surface area contributed by atoms with E-state index in [1.54, 1.807) is 7.11 Å². The number of guanidine groups is 1. The Morgan fingerprint density at radius 2 is 2.04 bits per heavy atom. The molecular weight excluding hydrogens is 429 g/mol. The Balaban J connectivity index is 0.00000312. The maximum Gasteiger partial charge on any atom is 0.191 e. The highest BCUT2D eigenvalue weighted by Gasteiger charge is 2.02. The van der Waals surface area contributed by atoms with Crippen molar-refractivity contribution in [2.45, 2.75) is 19.8 Å². The largest absolute Gasteiger partial charge is 0.496 e. The van der Waals surface area contributed by atoms with Gasteiger partial charge in [0.1, 0.15) is 5.75 Å². The van der Waals surface area contributed by atoms with E-state index in [-0.39, 0.29) is 24.0 Å². The lowest BCUT2D eigenvalue weighted by Gasteiger charge is -2.11. The summed E-state index contributed by atoms with van der Waals surface area (Å²) in [4.78, 5) is 4.64. The molecule has 0 aliphatic heterocycles. The average molecular weight is 457 g/mol. The van der Waals surface area contributed by atoms with Crippen LogP contribution in [0.15, 0.2) is 41.7 Å². The number of methoxy groups -OCH3 is 1. The number of benzene rings is 1. The van der Waals surface area contributed by atoms with E-state index in [1.165, 1.54) is 11.1 Å². The standard InChI is InChI=1S/C18H27N5O.HI/c1-4-19-18(20-11-9-15-13-22-23(2)14-15)21-12-10-16-7-5-6-8-17(16)24-3;/h5-8,13-14H,4,9-12H2,1-3H3,(H2,19,20,21);1H. The van der Waals surface area contributed by atoms with Crippen LogP contribution in [0, 0.1) is 0 Å². The first kappa shape index (κ1) is 21.3. The van der Waals surface area contributed by atoms with Crippen LogP contribution in [-0.2, 0) is 19.9 Å². The third-order valence-corrected chi connectivity index (χ3v) is 3.65. The predicted octanol–water partition coefficient (Wildman–Crippen LogP) is 2.39. The molecule has 0 aliphatic rings. The maximum atomic E-state index is 5.38. The van der Waals surface area contributed by atoms with Crippen molar-refractivity contribution in [1.82, 2.24) is 20.4 Å². The number of ether oxygens (including phenoxy) is 1. The van der Waals surface area contributed by atoms with Gasteiger partial charge < -0.3 is 15.4 Å². The van der Waals surface area contributed by atoms with Gasteiger partial charge in [-0.25, -0.2) is 0 Å². The zero-order valence-electron chi connectivity index (χ0n) is 15.2. The van der Waals surface area contributed by atoms with Crippen molar-refractivity contribution < 1.29 is 4.74 Å². The molecule has 2 N–H and O–H groups in total. The second kappa shape index (κ2) is 11.7. The van der Waals surface area contributed by atoms with Crippen LogP contribution >= 0.6 is 24.0 Å². The monoisotopic (exact) mass is 457 g/mol. The molecular formula is C18H28IN5O. The minimum Gasteiger partial charge on any atom is -0.496 e. The molecule has 0 aliphatic carbocycles. The quantitative estimate of drug-likeness (QED) is 0.363. The van der Waals surface area contributed by atoms with Crippen LogP contribution in [0.4, 0.5) is 0 Å². The Morgan fingerprint density at radius 1 is 1.24 bits per heavy atom. The molecule has 0 atom stereocenters. The fourth-order valence-corrected chi connectivity index (χ4v) is 2.47. The molecule has 0 saturated heterocycles. The van der Waals surface area contributed by atoms with E-state index in [1.807, 2.05) is 42.3 Å². The van der Waals surface area contributed by atoms with Crippen LogP contribution in [0.2, 0.25) is 0 Å². The summed E-state index contributed by atoms with van der Waals surface area (Å²) < 4.78 is 7.20. The van der Waals surface area contributed by atoms with Gasteiger partial charge in [0.25, 0.3) is 0 Å². The number of hydrogen-bond acceptors (Lipinski definition) is 3. The molecule has 0 amide bonds. The van der Waals surface area contributed by atoms with Crippen molar-refractivity contribution in [2.24, 2.45) is 12.0 Å². The Morgan fingerprint density at radius 3 is 2.72 bits per heavy atom. The van der Waals surface area contributed by atoms with Gasteiger partial charge in [-0.1, -0.05) is 18.2 Å². The summed E-state index contributed by atoms with van der Waals surface area (Å²) in [5.41, 5.74) is 2.39. The smallest absolute Gasteiger partial charge is 0.191 e. The van der Waals surface area contributed by atoms with Crippen molar-refractivity contribution in [2.75, 3.05) is 26.7 Å². The minimum atomic E-state index is 0. The first-order valence-electron chi connectivity index (χ1n) is 8.34. The van der Waals surface area contributed by atoms with Crippen molar-refractivity contribution in [1.29, 1.82) is 0 Å². The van der Waals surface area contributed by atoms with E-state index in [0.29, 0.717) is 6.54 Å². The molecule has 2 rings (SSSR count). The van der Waals surface area contributed by atoms with Gasteiger partial charge in [0.2, 0.25) is 0 Å². The van der Waals surface area contributed by atoms with Crippen molar-refractivity contribution >= 4 is 29.9 Å². The Kier molecular flexibility index (Phi) is 9.98. The highest BCUT2D eigenvalue weighted by molar-refractivity contribution is 14.0. The van der Waals surface area contributed by atoms with E-state index in [4.69, 9.17) is 4.74 Å². The molecule has 7 heteroatoms. The fourth-order valence-electron chi connectivity index (χ4n) is 2.47. The Bertz CT molecular complexity index is 656. The fraction of sp³-hybridized carbons (Fsp3) is 0.444. The van der Waals surface area contributed by atoms with Gasteiger partial charge >= 0.3 is 0 Å². The van der Waals surface area contributed by atoms with Gasteiger partial charge in [-0.05, 0) is 37.0 Å². The number of halogens is 1. The van der Waals surface area contributed by atoms with E-state index in [9.17, 15) is 0 Å². The number of rotatable bonds is 8. The molecule has 6 nitrogen and oxygen atoms in total. The summed E-state index contributed by atoms with van der Waals surface area (Å²) in [5, 5.41) is 10.8. The second-order valence-corrected chi connectivity index (χ2v) is 5.52. The molecule has 1 aromatic heterocycles. The van der Waals surface area contributed by atoms with Crippen LogP contribution in [0.3, 0.4) is 0 Å². The molecule has 2 aromatic rings. The summed E-state index contributed by atoms with van der Waals surface area (Å²) in [5.74, 6) is 1.76. The van der Waals surface area contributed by atoms with Gasteiger partial charge in [-0.2, -0.15) is 5.10 Å². The molecule has 25 heavy (non-hydrogen) atoms. The average Bonchev–Trinajstić information content (AvgIpc) is 3.00. The summed E-state index contributed by atoms with van der Waals surface area (Å²) in [6.07, 6.45) is 5.70. The highest BCUT2D eigenvalue weighted by Crippen LogP contribution is 2.17. The topological polar surface area (TPSA) is 63.5 Å². The summed E-state index contributed by atoms with van der Waals surface area (Å²) >= 11 is 0. The Labute approximate surface area is 167 Å². The van der Waals surface area contributed by atoms with Crippen LogP contribution in [0.25, 0.3) is 0 Å². The van der Waals surface area contributed by atoms with Crippen molar-refractivity contribution in [3.05, 3.63) is 47.8 Å². The summed E-state index contributed by atoms with van der Waals surface area (Å²) in [6.45, 7) is 4.45. The van der Waals surface area contributed by atoms with Crippen LogP contribution in [0.5, 0.6) is 5.75 Å². The molecule has 0 spiro atoms. The third kappa shape index (κ3) is 7.33. The molecule has 0 saturated carbocycles. The minimum absolute atomic E-state index is 0. The first-order valence-corrected chi connectivity index (χ1v) is 8.34. The lowest BCUT2D eigenvalue weighted by molar-refractivity contribution is 0.410. The SMILES string of the molecule is CCNC(=NCCc1ccccc1OC)NCCc1cnn(C)c1.I. The Hall–Kier alpha value is -1.77. The van der Waals surface area contributed by atoms with Gasteiger partial charge in [0, 0.05) is 32.9 Å². The van der Waals surface area contributed by atoms with Gasteiger partial charge in [0.15, 0.2) is 5.96 Å². The normalized spacial score (nSPS) is 10.9. The number of para-hydroxylation sites is 1. The maximum absolute atomic E-state index is 5.38. The molecule has 138 valence electrons. The van der Waals surface area contributed by atoms with Gasteiger partial charge in [0.05, 0.1) is 13.3 Å². The number of aryl methyl sites for hydroxylation is 1. The number of hydrogen-bond donors (Lipinski definition) is 2. The lowest BCUT2D eigenvalue weighted by atomic mass is 10.1. The first-order chi connectivity index (χ1) is 11.7. The lowest BCUT2D eigenvalue weighted by Crippen LogP contribution is -2.38. The van der Waals surface area contributed by atoms with Gasteiger partial charge in [-0.3, -0.25) is 9.67 Å². The van der Waals surface area contributed by atoms with Crippen LogP contribution < -0.4 is 15.4 Å². The number of aromatic nitrogens is 2. The van der Waals surface area contributed by atoms with E-state index >= 15 is 0 Å². The van der Waals surface area contributed by atoms with Crippen LogP contribution in [-0.4, -0.2) is 42.5 Å². The number of aliphatic imine (C=N–C) groups is 1. The van der Waals surface area contributed by atoms with E-state index < -0.39 is 0 Å². The van der Waals surface area contributed by atoms with E-state index in [2.05, 4.69) is 33.7 Å². The molecule has 0 radical (unpaired) electrons. The number of nitrogens with zero attached hydrogens (tertiary/aromatic N) is 3. The molecule has 1 aromatic carbocycles. The zero-order chi connectivity index (χ0) is 17.2. The second-order valence-electron chi connectivity index (χ2n) is 5.52. The number of nitrogens with one attached hydrogen (secondary N) is 2. The zero-order valence-corrected chi connectivity index (χ0v) is 17.5. The van der Waals surface area contributed by atoms with Crippen LogP contribution in [0.1, 0.15) is 18.1 Å². The molecule has 0 fully saturated rings. The molecule has 0 bridgehead atoms. The van der Waals surface area contributed by atoms with Crippen molar-refractivity contribution in [3.8, 4) is 5.75 Å². The predicted molar refractivity (Wildman–Crippen MR) is 113 cm³/mol. The molecule has 0 unspecified atom stereocenters. The van der Waals surface area contributed by atoms with E-state index in [0.717, 1.165) is 37.6 Å².